The van der Waals surface area contributed by atoms with Crippen molar-refractivity contribution >= 4 is 11.9 Å². The molecule has 0 aromatic heterocycles. The fourth-order valence-electron chi connectivity index (χ4n) is 1.99. The summed E-state index contributed by atoms with van der Waals surface area (Å²) in [5.74, 6) is -0.800. The van der Waals surface area contributed by atoms with Crippen molar-refractivity contribution in [2.24, 2.45) is 0 Å². The number of benzene rings is 1. The van der Waals surface area contributed by atoms with Crippen LogP contribution in [0.2, 0.25) is 0 Å². The predicted molar refractivity (Wildman–Crippen MR) is 73.3 cm³/mol. The Hall–Kier alpha value is -2.24. The first-order chi connectivity index (χ1) is 9.85. The normalized spacial score (nSPS) is 14.8. The molecule has 0 fully saturated rings. The van der Waals surface area contributed by atoms with Crippen LogP contribution in [0.1, 0.15) is 32.3 Å². The van der Waals surface area contributed by atoms with Crippen LogP contribution < -0.4 is 9.47 Å². The van der Waals surface area contributed by atoms with Gasteiger partial charge in [-0.2, -0.15) is 0 Å². The number of fused-ring (bicyclic) bond motifs is 1. The zero-order chi connectivity index (χ0) is 15.5. The molecule has 0 atom stereocenters. The fourth-order valence-corrected chi connectivity index (χ4v) is 1.99. The van der Waals surface area contributed by atoms with Crippen LogP contribution in [0.25, 0.3) is 0 Å². The Bertz CT molecular complexity index is 549. The van der Waals surface area contributed by atoms with E-state index in [0.717, 1.165) is 5.56 Å². The van der Waals surface area contributed by atoms with Crippen LogP contribution in [-0.4, -0.2) is 29.4 Å². The lowest BCUT2D eigenvalue weighted by atomic mass is 10.1. The molecule has 1 aromatic carbocycles. The fraction of sp³-hybridized carbons (Fsp3) is 0.467. The summed E-state index contributed by atoms with van der Waals surface area (Å²) in [6.45, 7) is 3.87. The SMILES string of the molecule is CC1(C)Oc2ccc(CCOC(=O)CCC(=O)O)cc2O1. The van der Waals surface area contributed by atoms with Crippen LogP contribution in [0.5, 0.6) is 11.5 Å². The van der Waals surface area contributed by atoms with Crippen LogP contribution in [0.15, 0.2) is 18.2 Å². The third-order valence-corrected chi connectivity index (χ3v) is 2.92. The van der Waals surface area contributed by atoms with E-state index in [0.29, 0.717) is 17.9 Å². The van der Waals surface area contributed by atoms with Gasteiger partial charge in [-0.25, -0.2) is 0 Å². The molecule has 1 heterocycles. The summed E-state index contributed by atoms with van der Waals surface area (Å²) in [4.78, 5) is 21.6. The lowest BCUT2D eigenvalue weighted by molar-refractivity contribution is -0.147. The first-order valence-corrected chi connectivity index (χ1v) is 6.74. The lowest BCUT2D eigenvalue weighted by Gasteiger charge is -2.16. The second-order valence-electron chi connectivity index (χ2n) is 5.25. The maximum Gasteiger partial charge on any atom is 0.306 e. The van der Waals surface area contributed by atoms with Gasteiger partial charge in [0.2, 0.25) is 5.79 Å². The van der Waals surface area contributed by atoms with E-state index >= 15 is 0 Å². The summed E-state index contributed by atoms with van der Waals surface area (Å²) in [6, 6.07) is 5.56. The van der Waals surface area contributed by atoms with Crippen LogP contribution in [0, 0.1) is 0 Å². The largest absolute Gasteiger partial charge is 0.481 e. The molecule has 6 nitrogen and oxygen atoms in total. The molecule has 1 N–H and O–H groups in total. The summed E-state index contributed by atoms with van der Waals surface area (Å²) in [7, 11) is 0. The van der Waals surface area contributed by atoms with E-state index in [1.165, 1.54) is 0 Å². The van der Waals surface area contributed by atoms with Crippen molar-refractivity contribution in [2.45, 2.75) is 38.9 Å². The number of aliphatic carboxylic acids is 1. The van der Waals surface area contributed by atoms with Crippen molar-refractivity contribution in [3.63, 3.8) is 0 Å². The number of carbonyl (C=O) groups excluding carboxylic acids is 1. The van der Waals surface area contributed by atoms with Gasteiger partial charge in [0.05, 0.1) is 19.4 Å². The Labute approximate surface area is 122 Å². The zero-order valence-electron chi connectivity index (χ0n) is 12.0. The third kappa shape index (κ3) is 4.37. The third-order valence-electron chi connectivity index (χ3n) is 2.92. The molecule has 0 radical (unpaired) electrons. The minimum absolute atomic E-state index is 0.106. The molecule has 6 heteroatoms. The lowest BCUT2D eigenvalue weighted by Crippen LogP contribution is -2.29. The summed E-state index contributed by atoms with van der Waals surface area (Å²) >= 11 is 0. The maximum absolute atomic E-state index is 11.3. The minimum Gasteiger partial charge on any atom is -0.481 e. The molecule has 1 aliphatic rings. The van der Waals surface area contributed by atoms with Crippen LogP contribution in [0.3, 0.4) is 0 Å². The van der Waals surface area contributed by atoms with Gasteiger partial charge < -0.3 is 19.3 Å². The number of rotatable bonds is 6. The van der Waals surface area contributed by atoms with Gasteiger partial charge in [-0.1, -0.05) is 6.07 Å². The van der Waals surface area contributed by atoms with Crippen molar-refractivity contribution in [1.82, 2.24) is 0 Å². The molecule has 0 unspecified atom stereocenters. The van der Waals surface area contributed by atoms with Gasteiger partial charge in [0.25, 0.3) is 0 Å². The smallest absolute Gasteiger partial charge is 0.306 e. The van der Waals surface area contributed by atoms with Gasteiger partial charge in [-0.3, -0.25) is 9.59 Å². The van der Waals surface area contributed by atoms with Gasteiger partial charge in [-0.15, -0.1) is 0 Å². The van der Waals surface area contributed by atoms with E-state index < -0.39 is 17.7 Å². The monoisotopic (exact) mass is 294 g/mol. The standard InChI is InChI=1S/C15H18O6/c1-15(2)20-11-4-3-10(9-12(11)21-15)7-8-19-14(18)6-5-13(16)17/h3-4,9H,5-8H2,1-2H3,(H,16,17). The van der Waals surface area contributed by atoms with E-state index in [1.54, 1.807) is 0 Å². The molecule has 0 amide bonds. The molecular weight excluding hydrogens is 276 g/mol. The first-order valence-electron chi connectivity index (χ1n) is 6.74. The highest BCUT2D eigenvalue weighted by molar-refractivity contribution is 5.76. The van der Waals surface area contributed by atoms with E-state index in [-0.39, 0.29) is 19.4 Å². The van der Waals surface area contributed by atoms with E-state index in [1.807, 2.05) is 32.0 Å². The Morgan fingerprint density at radius 3 is 2.62 bits per heavy atom. The van der Waals surface area contributed by atoms with E-state index in [9.17, 15) is 9.59 Å². The summed E-state index contributed by atoms with van der Waals surface area (Å²) in [6.07, 6.45) is 0.221. The number of ether oxygens (including phenoxy) is 3. The number of carboxylic acid groups (broad SMARTS) is 1. The summed E-state index contributed by atoms with van der Waals surface area (Å²) in [5.41, 5.74) is 0.959. The van der Waals surface area contributed by atoms with Crippen LogP contribution >= 0.6 is 0 Å². The van der Waals surface area contributed by atoms with Gasteiger partial charge in [0, 0.05) is 20.3 Å². The van der Waals surface area contributed by atoms with E-state index in [2.05, 4.69) is 0 Å². The Morgan fingerprint density at radius 1 is 1.19 bits per heavy atom. The molecule has 0 spiro atoms. The number of carbonyl (C=O) groups is 2. The zero-order valence-corrected chi connectivity index (χ0v) is 12.0. The van der Waals surface area contributed by atoms with Crippen molar-refractivity contribution in [2.75, 3.05) is 6.61 Å². The quantitative estimate of drug-likeness (QED) is 0.809. The average molecular weight is 294 g/mol. The predicted octanol–water partition coefficient (Wildman–Crippen LogP) is 2.14. The number of carboxylic acids is 1. The number of esters is 1. The highest BCUT2D eigenvalue weighted by atomic mass is 16.7. The number of hydrogen-bond donors (Lipinski definition) is 1. The highest BCUT2D eigenvalue weighted by Crippen LogP contribution is 2.39. The molecule has 0 saturated heterocycles. The maximum atomic E-state index is 11.3. The molecule has 0 aliphatic carbocycles. The Morgan fingerprint density at radius 2 is 1.90 bits per heavy atom. The Balaban J connectivity index is 1.80. The molecule has 0 bridgehead atoms. The molecule has 2 rings (SSSR count). The van der Waals surface area contributed by atoms with Crippen LogP contribution in [0.4, 0.5) is 0 Å². The Kier molecular flexibility index (Phi) is 4.35. The molecule has 21 heavy (non-hydrogen) atoms. The van der Waals surface area contributed by atoms with Gasteiger partial charge in [0.15, 0.2) is 11.5 Å². The van der Waals surface area contributed by atoms with Crippen molar-refractivity contribution < 1.29 is 28.9 Å². The van der Waals surface area contributed by atoms with Gasteiger partial charge in [0.1, 0.15) is 0 Å². The van der Waals surface area contributed by atoms with Crippen LogP contribution in [-0.2, 0) is 20.7 Å². The van der Waals surface area contributed by atoms with Crippen molar-refractivity contribution in [1.29, 1.82) is 0 Å². The molecule has 1 aliphatic heterocycles. The van der Waals surface area contributed by atoms with E-state index in [4.69, 9.17) is 19.3 Å². The minimum atomic E-state index is -1.01. The molecule has 0 saturated carbocycles. The second kappa shape index (κ2) is 6.03. The second-order valence-corrected chi connectivity index (χ2v) is 5.25. The highest BCUT2D eigenvalue weighted by Gasteiger charge is 2.31. The molecule has 114 valence electrons. The number of hydrogen-bond acceptors (Lipinski definition) is 5. The molecular formula is C15H18O6. The summed E-state index contributed by atoms with van der Waals surface area (Å²) < 4.78 is 16.2. The van der Waals surface area contributed by atoms with Gasteiger partial charge in [-0.05, 0) is 17.7 Å². The topological polar surface area (TPSA) is 82.1 Å². The van der Waals surface area contributed by atoms with Gasteiger partial charge >= 0.3 is 11.9 Å². The van der Waals surface area contributed by atoms with Crippen molar-refractivity contribution in [3.05, 3.63) is 23.8 Å². The van der Waals surface area contributed by atoms with Crippen molar-refractivity contribution in [3.8, 4) is 11.5 Å². The summed E-state index contributed by atoms with van der Waals surface area (Å²) in [5, 5.41) is 8.46. The average Bonchev–Trinajstić information content (AvgIpc) is 2.69. The first kappa shape index (κ1) is 15.2. The molecule has 1 aromatic rings.